The van der Waals surface area contributed by atoms with Crippen molar-refractivity contribution in [2.75, 3.05) is 19.5 Å². The van der Waals surface area contributed by atoms with Gasteiger partial charge in [0.25, 0.3) is 0 Å². The van der Waals surface area contributed by atoms with Gasteiger partial charge in [0, 0.05) is 17.8 Å². The molecule has 0 aliphatic carbocycles. The fraction of sp³-hybridized carbons (Fsp3) is 0.273. The Morgan fingerprint density at radius 3 is 2.43 bits per heavy atom. The molecule has 1 aromatic heterocycles. The summed E-state index contributed by atoms with van der Waals surface area (Å²) >= 11 is 0. The van der Waals surface area contributed by atoms with E-state index < -0.39 is 0 Å². The highest BCUT2D eigenvalue weighted by Gasteiger charge is 2.09. The first-order valence-corrected chi connectivity index (χ1v) is 9.18. The van der Waals surface area contributed by atoms with Gasteiger partial charge < -0.3 is 14.8 Å². The van der Waals surface area contributed by atoms with Crippen LogP contribution in [0.15, 0.2) is 48.5 Å². The maximum Gasteiger partial charge on any atom is 0.230 e. The van der Waals surface area contributed by atoms with E-state index in [2.05, 4.69) is 15.5 Å². The van der Waals surface area contributed by atoms with E-state index in [0.29, 0.717) is 12.2 Å². The highest BCUT2D eigenvalue weighted by Crippen LogP contribution is 2.23. The first-order valence-electron chi connectivity index (χ1n) is 9.18. The van der Waals surface area contributed by atoms with Crippen LogP contribution >= 0.6 is 0 Å². The Morgan fingerprint density at radius 1 is 1.04 bits per heavy atom. The molecule has 0 unspecified atom stereocenters. The number of aromatic nitrogens is 2. The number of carbonyl (C=O) groups is 1. The van der Waals surface area contributed by atoms with Gasteiger partial charge in [-0.25, -0.2) is 0 Å². The molecule has 0 saturated heterocycles. The van der Waals surface area contributed by atoms with E-state index in [0.717, 1.165) is 46.7 Å². The number of anilines is 1. The number of hydrogen-bond acceptors (Lipinski definition) is 4. The molecule has 3 aromatic rings. The summed E-state index contributed by atoms with van der Waals surface area (Å²) in [5.74, 6) is 1.99. The second kappa shape index (κ2) is 9.08. The highest BCUT2D eigenvalue weighted by molar-refractivity contribution is 5.91. The van der Waals surface area contributed by atoms with Crippen LogP contribution in [0.4, 0.5) is 5.82 Å². The Bertz CT molecular complexity index is 927. The number of hydrogen-bond donors (Lipinski definition) is 2. The zero-order valence-electron chi connectivity index (χ0n) is 16.4. The number of methoxy groups -OCH3 is 2. The Kier molecular flexibility index (Phi) is 6.32. The quantitative estimate of drug-likeness (QED) is 0.626. The second-order valence-electron chi connectivity index (χ2n) is 6.65. The van der Waals surface area contributed by atoms with Crippen molar-refractivity contribution in [3.05, 3.63) is 70.9 Å². The van der Waals surface area contributed by atoms with Gasteiger partial charge in [-0.05, 0) is 48.6 Å². The van der Waals surface area contributed by atoms with E-state index in [9.17, 15) is 4.79 Å². The molecule has 28 heavy (non-hydrogen) atoms. The van der Waals surface area contributed by atoms with Crippen LogP contribution in [0.3, 0.4) is 0 Å². The number of benzene rings is 2. The Balaban J connectivity index is 1.57. The molecule has 0 aliphatic rings. The number of nitrogens with zero attached hydrogens (tertiary/aromatic N) is 1. The van der Waals surface area contributed by atoms with Gasteiger partial charge in [-0.1, -0.05) is 24.3 Å². The van der Waals surface area contributed by atoms with Crippen molar-refractivity contribution < 1.29 is 14.3 Å². The summed E-state index contributed by atoms with van der Waals surface area (Å²) in [4.78, 5) is 12.3. The monoisotopic (exact) mass is 379 g/mol. The number of carbonyl (C=O) groups excluding carboxylic acids is 1. The predicted octanol–water partition coefficient (Wildman–Crippen LogP) is 3.70. The van der Waals surface area contributed by atoms with Gasteiger partial charge in [0.2, 0.25) is 5.91 Å². The van der Waals surface area contributed by atoms with Crippen LogP contribution in [0.25, 0.3) is 0 Å². The molecule has 0 radical (unpaired) electrons. The molecule has 0 bridgehead atoms. The maximum atomic E-state index is 12.3. The van der Waals surface area contributed by atoms with E-state index >= 15 is 0 Å². The zero-order chi connectivity index (χ0) is 19.9. The SMILES string of the molecule is COc1cc(CCc2cc(NC(=O)Cc3ccccc3C)n[nH]2)cc(OC)c1. The third kappa shape index (κ3) is 5.13. The van der Waals surface area contributed by atoms with Crippen molar-refractivity contribution in [3.8, 4) is 11.5 Å². The topological polar surface area (TPSA) is 76.2 Å². The maximum absolute atomic E-state index is 12.3. The Labute approximate surface area is 164 Å². The molecule has 0 atom stereocenters. The number of nitrogens with one attached hydrogen (secondary N) is 2. The van der Waals surface area contributed by atoms with Crippen LogP contribution in [0.5, 0.6) is 11.5 Å². The van der Waals surface area contributed by atoms with Crippen LogP contribution in [0.1, 0.15) is 22.4 Å². The van der Waals surface area contributed by atoms with Gasteiger partial charge in [-0.2, -0.15) is 5.10 Å². The van der Waals surface area contributed by atoms with Crippen LogP contribution in [-0.2, 0) is 24.1 Å². The third-order valence-electron chi connectivity index (χ3n) is 4.60. The molecule has 2 N–H and O–H groups in total. The van der Waals surface area contributed by atoms with Crippen molar-refractivity contribution in [2.45, 2.75) is 26.2 Å². The third-order valence-corrected chi connectivity index (χ3v) is 4.60. The molecule has 6 nitrogen and oxygen atoms in total. The minimum Gasteiger partial charge on any atom is -0.497 e. The normalized spacial score (nSPS) is 10.5. The van der Waals surface area contributed by atoms with Gasteiger partial charge in [-0.3, -0.25) is 9.89 Å². The molecule has 0 fully saturated rings. The lowest BCUT2D eigenvalue weighted by Gasteiger charge is -2.08. The zero-order valence-corrected chi connectivity index (χ0v) is 16.4. The van der Waals surface area contributed by atoms with Crippen LogP contribution < -0.4 is 14.8 Å². The van der Waals surface area contributed by atoms with E-state index in [4.69, 9.17) is 9.47 Å². The number of rotatable bonds is 8. The summed E-state index contributed by atoms with van der Waals surface area (Å²) in [5, 5.41) is 10.0. The molecule has 146 valence electrons. The van der Waals surface area contributed by atoms with E-state index in [1.807, 2.05) is 55.5 Å². The fourth-order valence-corrected chi connectivity index (χ4v) is 3.01. The lowest BCUT2D eigenvalue weighted by atomic mass is 10.1. The average Bonchev–Trinajstić information content (AvgIpc) is 3.15. The summed E-state index contributed by atoms with van der Waals surface area (Å²) in [6.07, 6.45) is 1.89. The lowest BCUT2D eigenvalue weighted by molar-refractivity contribution is -0.115. The number of ether oxygens (including phenoxy) is 2. The molecular weight excluding hydrogens is 354 g/mol. The molecule has 2 aromatic carbocycles. The summed E-state index contributed by atoms with van der Waals surface area (Å²) in [7, 11) is 3.28. The van der Waals surface area contributed by atoms with E-state index in [-0.39, 0.29) is 5.91 Å². The van der Waals surface area contributed by atoms with Gasteiger partial charge in [0.05, 0.1) is 20.6 Å². The molecule has 3 rings (SSSR count). The van der Waals surface area contributed by atoms with Gasteiger partial charge in [0.1, 0.15) is 11.5 Å². The molecular formula is C22H25N3O3. The van der Waals surface area contributed by atoms with E-state index in [1.165, 1.54) is 0 Å². The summed E-state index contributed by atoms with van der Waals surface area (Å²) in [6.45, 7) is 2.00. The van der Waals surface area contributed by atoms with Crippen LogP contribution in [0.2, 0.25) is 0 Å². The van der Waals surface area contributed by atoms with Gasteiger partial charge in [-0.15, -0.1) is 0 Å². The summed E-state index contributed by atoms with van der Waals surface area (Å²) in [6, 6.07) is 15.6. The van der Waals surface area contributed by atoms with Crippen molar-refractivity contribution in [1.29, 1.82) is 0 Å². The molecule has 0 aliphatic heterocycles. The van der Waals surface area contributed by atoms with Crippen LogP contribution in [-0.4, -0.2) is 30.3 Å². The first-order chi connectivity index (χ1) is 13.6. The smallest absolute Gasteiger partial charge is 0.230 e. The fourth-order valence-electron chi connectivity index (χ4n) is 3.01. The molecule has 6 heteroatoms. The predicted molar refractivity (Wildman–Crippen MR) is 109 cm³/mol. The highest BCUT2D eigenvalue weighted by atomic mass is 16.5. The lowest BCUT2D eigenvalue weighted by Crippen LogP contribution is -2.15. The largest absolute Gasteiger partial charge is 0.497 e. The first kappa shape index (κ1) is 19.5. The number of H-pyrrole nitrogens is 1. The van der Waals surface area contributed by atoms with Gasteiger partial charge >= 0.3 is 0 Å². The summed E-state index contributed by atoms with van der Waals surface area (Å²) in [5.41, 5.74) is 4.18. The molecule has 1 amide bonds. The number of amides is 1. The van der Waals surface area contributed by atoms with Crippen molar-refractivity contribution in [1.82, 2.24) is 10.2 Å². The number of aryl methyl sites for hydroxylation is 3. The standard InChI is InChI=1S/C22H25N3O3/c1-15-6-4-5-7-17(15)12-22(26)23-21-13-18(24-25-21)9-8-16-10-19(27-2)14-20(11-16)28-3/h4-7,10-11,13-14H,8-9,12H2,1-3H3,(H2,23,24,25,26). The molecule has 1 heterocycles. The van der Waals surface area contributed by atoms with Crippen molar-refractivity contribution in [2.24, 2.45) is 0 Å². The molecule has 0 saturated carbocycles. The number of aromatic amines is 1. The minimum absolute atomic E-state index is 0.0788. The minimum atomic E-state index is -0.0788. The van der Waals surface area contributed by atoms with E-state index in [1.54, 1.807) is 14.2 Å². The Morgan fingerprint density at radius 2 is 1.75 bits per heavy atom. The van der Waals surface area contributed by atoms with Crippen LogP contribution in [0, 0.1) is 6.92 Å². The average molecular weight is 379 g/mol. The van der Waals surface area contributed by atoms with Crippen molar-refractivity contribution >= 4 is 11.7 Å². The summed E-state index contributed by atoms with van der Waals surface area (Å²) < 4.78 is 10.6. The van der Waals surface area contributed by atoms with Crippen molar-refractivity contribution in [3.63, 3.8) is 0 Å². The molecule has 0 spiro atoms. The second-order valence-corrected chi connectivity index (χ2v) is 6.65. The van der Waals surface area contributed by atoms with Gasteiger partial charge in [0.15, 0.2) is 5.82 Å². The Hall–Kier alpha value is -3.28.